The number of ether oxygens (including phenoxy) is 2. The third-order valence-electron chi connectivity index (χ3n) is 4.23. The van der Waals surface area contributed by atoms with Crippen molar-refractivity contribution in [2.75, 3.05) is 20.8 Å². The highest BCUT2D eigenvalue weighted by molar-refractivity contribution is 5.55. The summed E-state index contributed by atoms with van der Waals surface area (Å²) in [7, 11) is 3.46. The van der Waals surface area contributed by atoms with Gasteiger partial charge in [-0.25, -0.2) is 0 Å². The third kappa shape index (κ3) is 2.38. The molecule has 3 rings (SSSR count). The van der Waals surface area contributed by atoms with Gasteiger partial charge in [0.1, 0.15) is 11.5 Å². The second kappa shape index (κ2) is 5.78. The number of methoxy groups -OCH3 is 2. The maximum Gasteiger partial charge on any atom is 0.124 e. The SMILES string of the molecule is COc1ccc(OC)c2c1CCNC2c1ccccc1C. The van der Waals surface area contributed by atoms with Crippen LogP contribution in [0.25, 0.3) is 0 Å². The number of hydrogen-bond donors (Lipinski definition) is 1. The van der Waals surface area contributed by atoms with Gasteiger partial charge in [0.05, 0.1) is 20.3 Å². The standard InChI is InChI=1S/C18H21NO2/c1-12-6-4-5-7-13(12)18-17-14(10-11-19-18)15(20-2)8-9-16(17)21-3/h4-9,18-19H,10-11H2,1-3H3. The van der Waals surface area contributed by atoms with Crippen molar-refractivity contribution in [3.05, 3.63) is 58.7 Å². The normalized spacial score (nSPS) is 17.2. The Labute approximate surface area is 125 Å². The summed E-state index contributed by atoms with van der Waals surface area (Å²) in [5.41, 5.74) is 5.04. The molecule has 2 aromatic carbocycles. The Hall–Kier alpha value is -2.00. The van der Waals surface area contributed by atoms with Crippen LogP contribution in [0.15, 0.2) is 36.4 Å². The average molecular weight is 283 g/mol. The number of rotatable bonds is 3. The monoisotopic (exact) mass is 283 g/mol. The van der Waals surface area contributed by atoms with E-state index in [2.05, 4.69) is 36.5 Å². The van der Waals surface area contributed by atoms with Gasteiger partial charge in [0.15, 0.2) is 0 Å². The molecule has 1 unspecified atom stereocenters. The van der Waals surface area contributed by atoms with Crippen molar-refractivity contribution in [3.8, 4) is 11.5 Å². The predicted molar refractivity (Wildman–Crippen MR) is 84.3 cm³/mol. The van der Waals surface area contributed by atoms with Crippen molar-refractivity contribution >= 4 is 0 Å². The summed E-state index contributed by atoms with van der Waals surface area (Å²) in [6.07, 6.45) is 0.956. The first-order valence-corrected chi connectivity index (χ1v) is 7.29. The van der Waals surface area contributed by atoms with E-state index in [1.54, 1.807) is 14.2 Å². The lowest BCUT2D eigenvalue weighted by atomic mass is 9.87. The van der Waals surface area contributed by atoms with Crippen molar-refractivity contribution in [2.45, 2.75) is 19.4 Å². The fraction of sp³-hybridized carbons (Fsp3) is 0.333. The molecule has 1 heterocycles. The molecule has 0 aliphatic carbocycles. The van der Waals surface area contributed by atoms with Crippen molar-refractivity contribution in [1.82, 2.24) is 5.32 Å². The second-order valence-electron chi connectivity index (χ2n) is 5.36. The van der Waals surface area contributed by atoms with E-state index in [9.17, 15) is 0 Å². The van der Waals surface area contributed by atoms with E-state index in [4.69, 9.17) is 9.47 Å². The summed E-state index contributed by atoms with van der Waals surface area (Å²) in [4.78, 5) is 0. The molecule has 1 aliphatic heterocycles. The van der Waals surface area contributed by atoms with Crippen molar-refractivity contribution in [2.24, 2.45) is 0 Å². The van der Waals surface area contributed by atoms with Crippen LogP contribution in [0.2, 0.25) is 0 Å². The minimum absolute atomic E-state index is 0.153. The zero-order valence-electron chi connectivity index (χ0n) is 12.8. The van der Waals surface area contributed by atoms with Crippen LogP contribution in [0.1, 0.15) is 28.3 Å². The molecule has 21 heavy (non-hydrogen) atoms. The highest BCUT2D eigenvalue weighted by atomic mass is 16.5. The summed E-state index contributed by atoms with van der Waals surface area (Å²) in [5, 5.41) is 3.62. The smallest absolute Gasteiger partial charge is 0.124 e. The Morgan fingerprint density at radius 1 is 1.00 bits per heavy atom. The van der Waals surface area contributed by atoms with E-state index < -0.39 is 0 Å². The number of hydrogen-bond acceptors (Lipinski definition) is 3. The van der Waals surface area contributed by atoms with Gasteiger partial charge in [0, 0.05) is 17.7 Å². The Kier molecular flexibility index (Phi) is 3.84. The molecule has 0 fully saturated rings. The summed E-state index contributed by atoms with van der Waals surface area (Å²) in [5.74, 6) is 1.87. The molecule has 1 atom stereocenters. The van der Waals surface area contributed by atoms with E-state index in [1.165, 1.54) is 22.3 Å². The summed E-state index contributed by atoms with van der Waals surface area (Å²) in [6.45, 7) is 3.09. The summed E-state index contributed by atoms with van der Waals surface area (Å²) < 4.78 is 11.2. The number of nitrogens with one attached hydrogen (secondary N) is 1. The van der Waals surface area contributed by atoms with Gasteiger partial charge >= 0.3 is 0 Å². The minimum atomic E-state index is 0.153. The van der Waals surface area contributed by atoms with Gasteiger partial charge in [-0.05, 0) is 36.6 Å². The Morgan fingerprint density at radius 3 is 2.43 bits per heavy atom. The zero-order chi connectivity index (χ0) is 14.8. The molecule has 0 saturated heterocycles. The number of aryl methyl sites for hydroxylation is 1. The average Bonchev–Trinajstić information content (AvgIpc) is 2.53. The van der Waals surface area contributed by atoms with Crippen molar-refractivity contribution in [3.63, 3.8) is 0 Å². The molecule has 0 aromatic heterocycles. The molecule has 1 N–H and O–H groups in total. The van der Waals surface area contributed by atoms with Crippen LogP contribution in [0.4, 0.5) is 0 Å². The number of fused-ring (bicyclic) bond motifs is 1. The molecule has 0 radical (unpaired) electrons. The first-order valence-electron chi connectivity index (χ1n) is 7.29. The topological polar surface area (TPSA) is 30.5 Å². The number of benzene rings is 2. The molecule has 1 aliphatic rings. The van der Waals surface area contributed by atoms with Gasteiger partial charge in [0.25, 0.3) is 0 Å². The maximum atomic E-state index is 5.61. The lowest BCUT2D eigenvalue weighted by Gasteiger charge is -2.31. The van der Waals surface area contributed by atoms with Crippen LogP contribution < -0.4 is 14.8 Å². The van der Waals surface area contributed by atoms with Gasteiger partial charge < -0.3 is 14.8 Å². The maximum absolute atomic E-state index is 5.61. The summed E-state index contributed by atoms with van der Waals surface area (Å²) >= 11 is 0. The predicted octanol–water partition coefficient (Wildman–Crippen LogP) is 3.25. The van der Waals surface area contributed by atoms with E-state index in [1.807, 2.05) is 12.1 Å². The molecule has 3 nitrogen and oxygen atoms in total. The second-order valence-corrected chi connectivity index (χ2v) is 5.36. The lowest BCUT2D eigenvalue weighted by molar-refractivity contribution is 0.382. The van der Waals surface area contributed by atoms with E-state index in [0.717, 1.165) is 24.5 Å². The van der Waals surface area contributed by atoms with Crippen LogP contribution in [0.5, 0.6) is 11.5 Å². The first kappa shape index (κ1) is 14.0. The largest absolute Gasteiger partial charge is 0.496 e. The molecule has 0 amide bonds. The zero-order valence-corrected chi connectivity index (χ0v) is 12.8. The Balaban J connectivity index is 2.19. The van der Waals surface area contributed by atoms with Crippen LogP contribution in [-0.4, -0.2) is 20.8 Å². The molecule has 0 saturated carbocycles. The van der Waals surface area contributed by atoms with Crippen molar-refractivity contribution < 1.29 is 9.47 Å². The van der Waals surface area contributed by atoms with E-state index in [-0.39, 0.29) is 6.04 Å². The molecular formula is C18H21NO2. The fourth-order valence-electron chi connectivity index (χ4n) is 3.19. The minimum Gasteiger partial charge on any atom is -0.496 e. The molecular weight excluding hydrogens is 262 g/mol. The van der Waals surface area contributed by atoms with Gasteiger partial charge in [-0.1, -0.05) is 24.3 Å². The van der Waals surface area contributed by atoms with Gasteiger partial charge in [-0.15, -0.1) is 0 Å². The third-order valence-corrected chi connectivity index (χ3v) is 4.23. The van der Waals surface area contributed by atoms with Crippen LogP contribution >= 0.6 is 0 Å². The summed E-state index contributed by atoms with van der Waals surface area (Å²) in [6, 6.07) is 12.6. The Morgan fingerprint density at radius 2 is 1.71 bits per heavy atom. The van der Waals surface area contributed by atoms with E-state index in [0.29, 0.717) is 0 Å². The van der Waals surface area contributed by atoms with Gasteiger partial charge in [0.2, 0.25) is 0 Å². The van der Waals surface area contributed by atoms with Gasteiger partial charge in [-0.2, -0.15) is 0 Å². The molecule has 0 bridgehead atoms. The molecule has 3 heteroatoms. The van der Waals surface area contributed by atoms with E-state index >= 15 is 0 Å². The Bertz CT molecular complexity index is 652. The van der Waals surface area contributed by atoms with Crippen LogP contribution in [-0.2, 0) is 6.42 Å². The fourth-order valence-corrected chi connectivity index (χ4v) is 3.19. The highest BCUT2D eigenvalue weighted by Crippen LogP contribution is 2.40. The van der Waals surface area contributed by atoms with Crippen LogP contribution in [0, 0.1) is 6.92 Å². The lowest BCUT2D eigenvalue weighted by Crippen LogP contribution is -2.31. The van der Waals surface area contributed by atoms with Crippen molar-refractivity contribution in [1.29, 1.82) is 0 Å². The first-order chi connectivity index (χ1) is 10.3. The highest BCUT2D eigenvalue weighted by Gasteiger charge is 2.28. The van der Waals surface area contributed by atoms with Crippen LogP contribution in [0.3, 0.4) is 0 Å². The quantitative estimate of drug-likeness (QED) is 0.938. The molecule has 110 valence electrons. The molecule has 2 aromatic rings. The van der Waals surface area contributed by atoms with Gasteiger partial charge in [-0.3, -0.25) is 0 Å². The molecule has 0 spiro atoms.